The highest BCUT2D eigenvalue weighted by Crippen LogP contribution is 2.31. The molecule has 8 heteroatoms. The molecule has 0 atom stereocenters. The zero-order chi connectivity index (χ0) is 18.2. The van der Waals surface area contributed by atoms with Crippen molar-refractivity contribution in [2.24, 2.45) is 0 Å². The monoisotopic (exact) mass is 345 g/mol. The fourth-order valence-electron chi connectivity index (χ4n) is 2.22. The molecule has 0 unspecified atom stereocenters. The number of rotatable bonds is 9. The van der Waals surface area contributed by atoms with Crippen LogP contribution >= 0.6 is 0 Å². The molecule has 1 N–H and O–H groups in total. The van der Waals surface area contributed by atoms with E-state index in [-0.39, 0.29) is 6.01 Å². The molecule has 1 aromatic heterocycles. The van der Waals surface area contributed by atoms with Crippen molar-refractivity contribution < 1.29 is 14.3 Å². The van der Waals surface area contributed by atoms with Crippen LogP contribution in [-0.2, 0) is 0 Å². The second-order valence-electron chi connectivity index (χ2n) is 5.07. The number of methoxy groups -OCH3 is 1. The predicted octanol–water partition coefficient (Wildman–Crippen LogP) is 2.76. The molecular formula is C17H23N5O3. The molecule has 2 aromatic rings. The van der Waals surface area contributed by atoms with Crippen molar-refractivity contribution in [1.82, 2.24) is 15.0 Å². The third kappa shape index (κ3) is 4.56. The van der Waals surface area contributed by atoms with Gasteiger partial charge in [-0.1, -0.05) is 0 Å². The Morgan fingerprint density at radius 3 is 2.48 bits per heavy atom. The van der Waals surface area contributed by atoms with Crippen LogP contribution in [0.25, 0.3) is 0 Å². The van der Waals surface area contributed by atoms with Crippen LogP contribution < -0.4 is 19.7 Å². The van der Waals surface area contributed by atoms with E-state index in [0.29, 0.717) is 35.5 Å². The summed E-state index contributed by atoms with van der Waals surface area (Å²) in [6, 6.07) is 5.05. The molecule has 25 heavy (non-hydrogen) atoms. The van der Waals surface area contributed by atoms with Crippen molar-refractivity contribution in [2.45, 2.75) is 20.8 Å². The number of aldehydes is 1. The summed E-state index contributed by atoms with van der Waals surface area (Å²) in [6.45, 7) is 8.23. The van der Waals surface area contributed by atoms with Crippen molar-refractivity contribution in [3.05, 3.63) is 23.8 Å². The first kappa shape index (κ1) is 18.4. The average molecular weight is 345 g/mol. The zero-order valence-corrected chi connectivity index (χ0v) is 14.9. The Kier molecular flexibility index (Phi) is 6.50. The van der Waals surface area contributed by atoms with Gasteiger partial charge in [-0.15, -0.1) is 0 Å². The fourth-order valence-corrected chi connectivity index (χ4v) is 2.22. The van der Waals surface area contributed by atoms with Gasteiger partial charge in [0.25, 0.3) is 0 Å². The summed E-state index contributed by atoms with van der Waals surface area (Å²) < 4.78 is 11.1. The summed E-state index contributed by atoms with van der Waals surface area (Å²) in [5, 5.41) is 3.08. The minimum absolute atomic E-state index is 0.157. The van der Waals surface area contributed by atoms with Crippen LogP contribution in [0.2, 0.25) is 0 Å². The number of ether oxygens (including phenoxy) is 2. The van der Waals surface area contributed by atoms with E-state index in [1.807, 2.05) is 25.7 Å². The van der Waals surface area contributed by atoms with Crippen LogP contribution in [0.1, 0.15) is 31.1 Å². The molecule has 1 heterocycles. The Morgan fingerprint density at radius 1 is 1.12 bits per heavy atom. The molecule has 0 amide bonds. The van der Waals surface area contributed by atoms with E-state index in [9.17, 15) is 4.79 Å². The van der Waals surface area contributed by atoms with Gasteiger partial charge in [0.15, 0.2) is 11.5 Å². The number of anilines is 2. The summed E-state index contributed by atoms with van der Waals surface area (Å²) >= 11 is 0. The topological polar surface area (TPSA) is 89.5 Å². The van der Waals surface area contributed by atoms with Crippen LogP contribution in [0.15, 0.2) is 18.2 Å². The van der Waals surface area contributed by atoms with E-state index in [4.69, 9.17) is 9.47 Å². The highest BCUT2D eigenvalue weighted by Gasteiger charge is 2.14. The van der Waals surface area contributed by atoms with Crippen LogP contribution in [0, 0.1) is 0 Å². The summed E-state index contributed by atoms with van der Waals surface area (Å²) in [5.41, 5.74) is 0.497. The number of hydrogen-bond donors (Lipinski definition) is 1. The molecule has 0 spiro atoms. The first-order valence-corrected chi connectivity index (χ1v) is 8.21. The van der Waals surface area contributed by atoms with E-state index in [1.54, 1.807) is 18.2 Å². The third-order valence-electron chi connectivity index (χ3n) is 3.51. The van der Waals surface area contributed by atoms with Crippen molar-refractivity contribution in [3.8, 4) is 17.5 Å². The van der Waals surface area contributed by atoms with Gasteiger partial charge in [-0.25, -0.2) is 0 Å². The smallest absolute Gasteiger partial charge is 0.328 e. The fraction of sp³-hybridized carbons (Fsp3) is 0.412. The first-order chi connectivity index (χ1) is 12.1. The second kappa shape index (κ2) is 8.81. The van der Waals surface area contributed by atoms with E-state index in [2.05, 4.69) is 20.3 Å². The van der Waals surface area contributed by atoms with Gasteiger partial charge in [0.1, 0.15) is 6.29 Å². The lowest BCUT2D eigenvalue weighted by Gasteiger charge is -2.19. The average Bonchev–Trinajstić information content (AvgIpc) is 2.63. The number of nitrogens with one attached hydrogen (secondary N) is 1. The molecule has 0 bridgehead atoms. The number of benzene rings is 1. The Labute approximate surface area is 147 Å². The molecule has 0 aliphatic carbocycles. The minimum atomic E-state index is 0.157. The molecule has 0 aliphatic heterocycles. The maximum Gasteiger partial charge on any atom is 0.328 e. The highest BCUT2D eigenvalue weighted by atomic mass is 16.5. The second-order valence-corrected chi connectivity index (χ2v) is 5.07. The SMILES string of the molecule is CCNc1nc(Oc2ccc(C=O)cc2OC)nc(N(CC)CC)n1. The van der Waals surface area contributed by atoms with Crippen molar-refractivity contribution in [3.63, 3.8) is 0 Å². The van der Waals surface area contributed by atoms with Gasteiger partial charge in [-0.3, -0.25) is 4.79 Å². The Balaban J connectivity index is 2.39. The van der Waals surface area contributed by atoms with Crippen LogP contribution in [0.5, 0.6) is 17.5 Å². The lowest BCUT2D eigenvalue weighted by Crippen LogP contribution is -2.25. The number of aromatic nitrogens is 3. The van der Waals surface area contributed by atoms with Gasteiger partial charge >= 0.3 is 6.01 Å². The van der Waals surface area contributed by atoms with Crippen LogP contribution in [0.4, 0.5) is 11.9 Å². The molecule has 0 saturated heterocycles. The van der Waals surface area contributed by atoms with E-state index in [0.717, 1.165) is 19.4 Å². The maximum atomic E-state index is 10.9. The molecule has 0 saturated carbocycles. The molecule has 0 aliphatic rings. The van der Waals surface area contributed by atoms with Gasteiger partial charge in [0.2, 0.25) is 11.9 Å². The molecule has 1 aromatic carbocycles. The third-order valence-corrected chi connectivity index (χ3v) is 3.51. The molecule has 134 valence electrons. The normalized spacial score (nSPS) is 10.2. The van der Waals surface area contributed by atoms with Gasteiger partial charge in [0, 0.05) is 25.2 Å². The summed E-state index contributed by atoms with van der Waals surface area (Å²) in [7, 11) is 1.51. The summed E-state index contributed by atoms with van der Waals surface area (Å²) in [4.78, 5) is 26.0. The predicted molar refractivity (Wildman–Crippen MR) is 96.0 cm³/mol. The Morgan fingerprint density at radius 2 is 1.88 bits per heavy atom. The van der Waals surface area contributed by atoms with Gasteiger partial charge in [-0.2, -0.15) is 15.0 Å². The number of carbonyl (C=O) groups is 1. The lowest BCUT2D eigenvalue weighted by molar-refractivity contribution is 0.112. The summed E-state index contributed by atoms with van der Waals surface area (Å²) in [6.07, 6.45) is 0.747. The van der Waals surface area contributed by atoms with Gasteiger partial charge in [-0.05, 0) is 39.0 Å². The largest absolute Gasteiger partial charge is 0.493 e. The number of hydrogen-bond acceptors (Lipinski definition) is 8. The quantitative estimate of drug-likeness (QED) is 0.694. The van der Waals surface area contributed by atoms with Gasteiger partial charge < -0.3 is 19.7 Å². The molecule has 8 nitrogen and oxygen atoms in total. The summed E-state index contributed by atoms with van der Waals surface area (Å²) in [5.74, 6) is 1.83. The highest BCUT2D eigenvalue weighted by molar-refractivity contribution is 5.76. The van der Waals surface area contributed by atoms with Crippen molar-refractivity contribution in [1.29, 1.82) is 0 Å². The van der Waals surface area contributed by atoms with Crippen LogP contribution in [0.3, 0.4) is 0 Å². The first-order valence-electron chi connectivity index (χ1n) is 8.21. The number of nitrogens with zero attached hydrogens (tertiary/aromatic N) is 4. The Hall–Kier alpha value is -2.90. The maximum absolute atomic E-state index is 10.9. The van der Waals surface area contributed by atoms with Gasteiger partial charge in [0.05, 0.1) is 7.11 Å². The van der Waals surface area contributed by atoms with Crippen molar-refractivity contribution >= 4 is 18.2 Å². The lowest BCUT2D eigenvalue weighted by atomic mass is 10.2. The van der Waals surface area contributed by atoms with Crippen LogP contribution in [-0.4, -0.2) is 48.0 Å². The zero-order valence-electron chi connectivity index (χ0n) is 14.9. The van der Waals surface area contributed by atoms with E-state index in [1.165, 1.54) is 7.11 Å². The number of carbonyl (C=O) groups excluding carboxylic acids is 1. The van der Waals surface area contributed by atoms with Crippen molar-refractivity contribution in [2.75, 3.05) is 37.0 Å². The van der Waals surface area contributed by atoms with E-state index < -0.39 is 0 Å². The molecule has 0 radical (unpaired) electrons. The standard InChI is InChI=1S/C17H23N5O3/c1-5-18-15-19-16(22(6-2)7-3)21-17(20-15)25-13-9-8-12(11-23)10-14(13)24-4/h8-11H,5-7H2,1-4H3,(H,18,19,20,21). The Bertz CT molecular complexity index is 719. The van der Waals surface area contributed by atoms with E-state index >= 15 is 0 Å². The molecule has 2 rings (SSSR count). The minimum Gasteiger partial charge on any atom is -0.493 e. The molecule has 0 fully saturated rings. The molecular weight excluding hydrogens is 322 g/mol.